The van der Waals surface area contributed by atoms with Gasteiger partial charge in [-0.3, -0.25) is 11.3 Å². The van der Waals surface area contributed by atoms with Crippen LogP contribution in [0, 0.1) is 11.7 Å². The molecular formula is C16H25FN2O2. The quantitative estimate of drug-likeness (QED) is 0.626. The van der Waals surface area contributed by atoms with E-state index in [-0.39, 0.29) is 18.0 Å². The molecule has 0 spiro atoms. The zero-order valence-electron chi connectivity index (χ0n) is 12.8. The Hall–Kier alpha value is -1.17. The Morgan fingerprint density at radius 2 is 1.95 bits per heavy atom. The highest BCUT2D eigenvalue weighted by atomic mass is 19.1. The van der Waals surface area contributed by atoms with Crippen molar-refractivity contribution in [3.8, 4) is 5.75 Å². The van der Waals surface area contributed by atoms with Crippen LogP contribution in [0.15, 0.2) is 18.2 Å². The maximum absolute atomic E-state index is 14.3. The first kappa shape index (κ1) is 16.2. The Balaban J connectivity index is 2.23. The number of benzene rings is 1. The van der Waals surface area contributed by atoms with Crippen molar-refractivity contribution in [3.63, 3.8) is 0 Å². The molecule has 0 saturated heterocycles. The number of nitrogens with one attached hydrogen (secondary N) is 1. The molecule has 0 heterocycles. The average molecular weight is 296 g/mol. The molecule has 21 heavy (non-hydrogen) atoms. The number of hydrogen-bond donors (Lipinski definition) is 2. The van der Waals surface area contributed by atoms with E-state index in [0.29, 0.717) is 17.2 Å². The highest BCUT2D eigenvalue weighted by Gasteiger charge is 2.32. The first-order chi connectivity index (χ1) is 10.2. The number of methoxy groups -OCH3 is 2. The number of rotatable bonds is 6. The molecule has 2 atom stereocenters. The zero-order chi connectivity index (χ0) is 15.2. The van der Waals surface area contributed by atoms with E-state index in [1.807, 2.05) is 0 Å². The molecule has 0 aromatic heterocycles. The molecule has 3 N–H and O–H groups in total. The molecule has 1 saturated carbocycles. The average Bonchev–Trinajstić information content (AvgIpc) is 2.53. The van der Waals surface area contributed by atoms with Crippen LogP contribution in [-0.4, -0.2) is 20.3 Å². The summed E-state index contributed by atoms with van der Waals surface area (Å²) in [5.41, 5.74) is 3.26. The summed E-state index contributed by atoms with van der Waals surface area (Å²) in [6, 6.07) is 4.49. The van der Waals surface area contributed by atoms with E-state index < -0.39 is 0 Å². The van der Waals surface area contributed by atoms with E-state index in [9.17, 15) is 4.39 Å². The van der Waals surface area contributed by atoms with E-state index in [4.69, 9.17) is 15.3 Å². The largest absolute Gasteiger partial charge is 0.497 e. The summed E-state index contributed by atoms with van der Waals surface area (Å²) < 4.78 is 25.0. The highest BCUT2D eigenvalue weighted by molar-refractivity contribution is 5.31. The second-order valence-corrected chi connectivity index (χ2v) is 5.63. The summed E-state index contributed by atoms with van der Waals surface area (Å²) in [6.45, 7) is 0. The van der Waals surface area contributed by atoms with Gasteiger partial charge in [-0.1, -0.05) is 25.3 Å². The van der Waals surface area contributed by atoms with E-state index >= 15 is 0 Å². The van der Waals surface area contributed by atoms with Crippen LogP contribution in [0.4, 0.5) is 4.39 Å². The fourth-order valence-electron chi connectivity index (χ4n) is 3.31. The molecule has 2 unspecified atom stereocenters. The lowest BCUT2D eigenvalue weighted by Gasteiger charge is -2.35. The second-order valence-electron chi connectivity index (χ2n) is 5.63. The van der Waals surface area contributed by atoms with Crippen molar-refractivity contribution in [2.45, 2.75) is 44.2 Å². The summed E-state index contributed by atoms with van der Waals surface area (Å²) in [4.78, 5) is 0. The van der Waals surface area contributed by atoms with Crippen LogP contribution in [0.5, 0.6) is 5.75 Å². The van der Waals surface area contributed by atoms with Gasteiger partial charge >= 0.3 is 0 Å². The van der Waals surface area contributed by atoms with Gasteiger partial charge in [-0.05, 0) is 24.8 Å². The van der Waals surface area contributed by atoms with Gasteiger partial charge in [0.05, 0.1) is 19.3 Å². The lowest BCUT2D eigenvalue weighted by molar-refractivity contribution is 0.00663. The molecule has 2 rings (SSSR count). The van der Waals surface area contributed by atoms with Crippen molar-refractivity contribution < 1.29 is 13.9 Å². The molecule has 1 fully saturated rings. The van der Waals surface area contributed by atoms with Crippen molar-refractivity contribution >= 4 is 0 Å². The molecule has 0 bridgehead atoms. The predicted molar refractivity (Wildman–Crippen MR) is 80.4 cm³/mol. The van der Waals surface area contributed by atoms with Gasteiger partial charge in [-0.2, -0.15) is 0 Å². The Morgan fingerprint density at radius 1 is 1.24 bits per heavy atom. The first-order valence-corrected chi connectivity index (χ1v) is 7.53. The maximum atomic E-state index is 14.3. The van der Waals surface area contributed by atoms with E-state index in [0.717, 1.165) is 12.8 Å². The lowest BCUT2D eigenvalue weighted by Crippen LogP contribution is -2.42. The molecule has 1 aliphatic carbocycles. The highest BCUT2D eigenvalue weighted by Crippen LogP contribution is 2.35. The van der Waals surface area contributed by atoms with Gasteiger partial charge in [-0.15, -0.1) is 0 Å². The van der Waals surface area contributed by atoms with Crippen LogP contribution in [0.2, 0.25) is 0 Å². The summed E-state index contributed by atoms with van der Waals surface area (Å²) in [5.74, 6) is 6.28. The fraction of sp³-hybridized carbons (Fsp3) is 0.625. The molecular weight excluding hydrogens is 271 g/mol. The van der Waals surface area contributed by atoms with Crippen molar-refractivity contribution in [1.29, 1.82) is 0 Å². The van der Waals surface area contributed by atoms with Gasteiger partial charge in [0.15, 0.2) is 0 Å². The molecule has 5 heteroatoms. The number of halogens is 1. The molecule has 1 aromatic carbocycles. The topological polar surface area (TPSA) is 56.5 Å². The van der Waals surface area contributed by atoms with E-state index in [1.54, 1.807) is 19.2 Å². The van der Waals surface area contributed by atoms with Crippen molar-refractivity contribution in [2.24, 2.45) is 11.8 Å². The Morgan fingerprint density at radius 3 is 2.48 bits per heavy atom. The third-order valence-corrected chi connectivity index (χ3v) is 4.44. The first-order valence-electron chi connectivity index (χ1n) is 7.53. The van der Waals surface area contributed by atoms with Crippen molar-refractivity contribution in [1.82, 2.24) is 5.43 Å². The van der Waals surface area contributed by atoms with Crippen molar-refractivity contribution in [3.05, 3.63) is 29.6 Å². The van der Waals surface area contributed by atoms with Crippen LogP contribution >= 0.6 is 0 Å². The predicted octanol–water partition coefficient (Wildman–Crippen LogP) is 2.93. The normalized spacial score (nSPS) is 19.2. The van der Waals surface area contributed by atoms with Gasteiger partial charge in [0, 0.05) is 18.7 Å². The Labute approximate surface area is 125 Å². The van der Waals surface area contributed by atoms with Gasteiger partial charge < -0.3 is 9.47 Å². The molecule has 0 radical (unpaired) electrons. The number of hydrazine groups is 1. The minimum absolute atomic E-state index is 0.127. The number of ether oxygens (including phenoxy) is 2. The molecule has 1 aliphatic rings. The number of hydrogen-bond acceptors (Lipinski definition) is 4. The molecule has 1 aromatic rings. The number of nitrogens with two attached hydrogens (primary N) is 1. The Kier molecular flexibility index (Phi) is 5.96. The van der Waals surface area contributed by atoms with Crippen LogP contribution in [0.25, 0.3) is 0 Å². The summed E-state index contributed by atoms with van der Waals surface area (Å²) >= 11 is 0. The monoisotopic (exact) mass is 296 g/mol. The molecule has 0 aliphatic heterocycles. The summed E-state index contributed by atoms with van der Waals surface area (Å²) in [6.07, 6.45) is 5.76. The minimum Gasteiger partial charge on any atom is -0.497 e. The Bertz CT molecular complexity index is 450. The van der Waals surface area contributed by atoms with Crippen LogP contribution in [-0.2, 0) is 4.74 Å². The fourth-order valence-corrected chi connectivity index (χ4v) is 3.31. The zero-order valence-corrected chi connectivity index (χ0v) is 12.8. The van der Waals surface area contributed by atoms with E-state index in [1.165, 1.54) is 32.4 Å². The van der Waals surface area contributed by atoms with Crippen molar-refractivity contribution in [2.75, 3.05) is 14.2 Å². The molecule has 118 valence electrons. The second kappa shape index (κ2) is 7.73. The van der Waals surface area contributed by atoms with Gasteiger partial charge in [0.1, 0.15) is 11.6 Å². The van der Waals surface area contributed by atoms with Crippen LogP contribution < -0.4 is 16.0 Å². The maximum Gasteiger partial charge on any atom is 0.131 e. The summed E-state index contributed by atoms with van der Waals surface area (Å²) in [5, 5.41) is 0. The summed E-state index contributed by atoms with van der Waals surface area (Å²) in [7, 11) is 3.19. The standard InChI is InChI=1S/C16H25FN2O2/c1-20-12-8-9-13(14(17)10-12)15(19-18)16(21-2)11-6-4-3-5-7-11/h8-11,15-16,19H,3-7,18H2,1-2H3. The van der Waals surface area contributed by atoms with Gasteiger partial charge in [0.25, 0.3) is 0 Å². The lowest BCUT2D eigenvalue weighted by atomic mass is 9.81. The van der Waals surface area contributed by atoms with Gasteiger partial charge in [0.2, 0.25) is 0 Å². The van der Waals surface area contributed by atoms with Crippen LogP contribution in [0.3, 0.4) is 0 Å². The smallest absolute Gasteiger partial charge is 0.131 e. The van der Waals surface area contributed by atoms with Gasteiger partial charge in [-0.25, -0.2) is 4.39 Å². The van der Waals surface area contributed by atoms with Crippen LogP contribution in [0.1, 0.15) is 43.7 Å². The molecule has 0 amide bonds. The third-order valence-electron chi connectivity index (χ3n) is 4.44. The molecule has 4 nitrogen and oxygen atoms in total. The van der Waals surface area contributed by atoms with E-state index in [2.05, 4.69) is 5.43 Å². The SMILES string of the molecule is COc1ccc(C(NN)C(OC)C2CCCCC2)c(F)c1. The minimum atomic E-state index is -0.357. The third kappa shape index (κ3) is 3.73.